The standard InChI is InChI=1S/C32H38ClN3O6S/c1-23(32(38)34-26-7-5-4-6-8-26)35(21-24-9-15-28(41-2)16-10-24)31(37)22-36(27-13-11-25(33)12-14-27)43(39,40)30-19-17-29(42-3)18-20-30/h9-20,23,26H,4-8,21-22H2,1-3H3,(H,34,38). The number of benzene rings is 3. The van der Waals surface area contributed by atoms with Crippen molar-refractivity contribution in [1.82, 2.24) is 10.2 Å². The molecule has 0 spiro atoms. The van der Waals surface area contributed by atoms with Crippen molar-refractivity contribution in [1.29, 1.82) is 0 Å². The molecule has 0 aromatic heterocycles. The van der Waals surface area contributed by atoms with E-state index >= 15 is 0 Å². The summed E-state index contributed by atoms with van der Waals surface area (Å²) < 4.78 is 39.4. The number of ether oxygens (including phenoxy) is 2. The minimum atomic E-state index is -4.20. The second-order valence-corrected chi connectivity index (χ2v) is 12.9. The number of nitrogens with zero attached hydrogens (tertiary/aromatic N) is 2. The molecule has 3 aromatic rings. The van der Waals surface area contributed by atoms with E-state index in [1.807, 2.05) is 12.1 Å². The molecule has 1 N–H and O–H groups in total. The smallest absolute Gasteiger partial charge is 0.264 e. The van der Waals surface area contributed by atoms with Crippen LogP contribution < -0.4 is 19.1 Å². The zero-order valence-electron chi connectivity index (χ0n) is 24.7. The van der Waals surface area contributed by atoms with Gasteiger partial charge in [0.15, 0.2) is 0 Å². The van der Waals surface area contributed by atoms with Crippen molar-refractivity contribution in [3.63, 3.8) is 0 Å². The number of carbonyl (C=O) groups is 2. The first-order valence-electron chi connectivity index (χ1n) is 14.3. The lowest BCUT2D eigenvalue weighted by molar-refractivity contribution is -0.139. The molecular weight excluding hydrogens is 590 g/mol. The lowest BCUT2D eigenvalue weighted by atomic mass is 9.95. The molecule has 1 unspecified atom stereocenters. The summed E-state index contributed by atoms with van der Waals surface area (Å²) in [6.45, 7) is 1.23. The predicted molar refractivity (Wildman–Crippen MR) is 167 cm³/mol. The fraction of sp³-hybridized carbons (Fsp3) is 0.375. The van der Waals surface area contributed by atoms with Crippen molar-refractivity contribution in [2.24, 2.45) is 0 Å². The van der Waals surface area contributed by atoms with E-state index in [1.54, 1.807) is 62.6 Å². The molecule has 1 fully saturated rings. The van der Waals surface area contributed by atoms with Gasteiger partial charge < -0.3 is 19.7 Å². The van der Waals surface area contributed by atoms with E-state index in [9.17, 15) is 18.0 Å². The number of sulfonamides is 1. The minimum Gasteiger partial charge on any atom is -0.497 e. The molecule has 0 aliphatic heterocycles. The van der Waals surface area contributed by atoms with Crippen molar-refractivity contribution in [2.45, 2.75) is 62.6 Å². The number of methoxy groups -OCH3 is 2. The van der Waals surface area contributed by atoms with Crippen LogP contribution in [0.15, 0.2) is 77.7 Å². The first kappa shape index (κ1) is 32.2. The maximum Gasteiger partial charge on any atom is 0.264 e. The zero-order chi connectivity index (χ0) is 31.0. The number of carbonyl (C=O) groups excluding carboxylic acids is 2. The SMILES string of the molecule is COc1ccc(CN(C(=O)CN(c2ccc(Cl)cc2)S(=O)(=O)c2ccc(OC)cc2)C(C)C(=O)NC2CCCCC2)cc1. The van der Waals surface area contributed by atoms with Crippen LogP contribution in [0, 0.1) is 0 Å². The Balaban J connectivity index is 1.67. The van der Waals surface area contributed by atoms with Gasteiger partial charge in [0.05, 0.1) is 24.8 Å². The molecule has 11 heteroatoms. The lowest BCUT2D eigenvalue weighted by Crippen LogP contribution is -2.53. The van der Waals surface area contributed by atoms with Crippen molar-refractivity contribution in [3.05, 3.63) is 83.4 Å². The van der Waals surface area contributed by atoms with Crippen LogP contribution in [0.5, 0.6) is 11.5 Å². The van der Waals surface area contributed by atoms with Gasteiger partial charge in [-0.2, -0.15) is 0 Å². The summed E-state index contributed by atoms with van der Waals surface area (Å²) in [7, 11) is -1.14. The molecule has 4 rings (SSSR count). The van der Waals surface area contributed by atoms with Gasteiger partial charge >= 0.3 is 0 Å². The van der Waals surface area contributed by atoms with Gasteiger partial charge in [0.2, 0.25) is 11.8 Å². The molecule has 3 aromatic carbocycles. The number of anilines is 1. The normalized spacial score (nSPS) is 14.4. The highest BCUT2D eigenvalue weighted by atomic mass is 35.5. The quantitative estimate of drug-likeness (QED) is 0.288. The maximum atomic E-state index is 14.1. The summed E-state index contributed by atoms with van der Waals surface area (Å²) in [5.74, 6) is 0.347. The average Bonchev–Trinajstić information content (AvgIpc) is 3.03. The van der Waals surface area contributed by atoms with Crippen molar-refractivity contribution in [3.8, 4) is 11.5 Å². The van der Waals surface area contributed by atoms with Crippen LogP contribution in [0.1, 0.15) is 44.6 Å². The Morgan fingerprint density at radius 1 is 0.884 bits per heavy atom. The predicted octanol–water partition coefficient (Wildman–Crippen LogP) is 5.42. The topological polar surface area (TPSA) is 105 Å². The van der Waals surface area contributed by atoms with Crippen LogP contribution in [-0.2, 0) is 26.2 Å². The van der Waals surface area contributed by atoms with Gasteiger partial charge in [0.1, 0.15) is 24.1 Å². The van der Waals surface area contributed by atoms with E-state index in [1.165, 1.54) is 24.1 Å². The van der Waals surface area contributed by atoms with Crippen LogP contribution >= 0.6 is 11.6 Å². The molecule has 1 aliphatic carbocycles. The molecule has 2 amide bonds. The largest absolute Gasteiger partial charge is 0.497 e. The van der Waals surface area contributed by atoms with E-state index in [4.69, 9.17) is 21.1 Å². The number of halogens is 1. The second kappa shape index (κ2) is 14.6. The summed E-state index contributed by atoms with van der Waals surface area (Å²) in [5.41, 5.74) is 1.03. The van der Waals surface area contributed by atoms with Gasteiger partial charge in [-0.1, -0.05) is 43.0 Å². The van der Waals surface area contributed by atoms with Crippen LogP contribution in [0.3, 0.4) is 0 Å². The average molecular weight is 628 g/mol. The van der Waals surface area contributed by atoms with E-state index in [0.717, 1.165) is 42.0 Å². The summed E-state index contributed by atoms with van der Waals surface area (Å²) in [5, 5.41) is 3.53. The maximum absolute atomic E-state index is 14.1. The third-order valence-corrected chi connectivity index (χ3v) is 9.71. The van der Waals surface area contributed by atoms with Gasteiger partial charge in [-0.3, -0.25) is 13.9 Å². The number of nitrogens with one attached hydrogen (secondary N) is 1. The fourth-order valence-corrected chi connectivity index (χ4v) is 6.63. The molecule has 0 saturated heterocycles. The molecule has 0 bridgehead atoms. The van der Waals surface area contributed by atoms with Gasteiger partial charge in [0, 0.05) is 17.6 Å². The molecule has 1 atom stereocenters. The van der Waals surface area contributed by atoms with Crippen LogP contribution in [0.4, 0.5) is 5.69 Å². The Bertz CT molecular complexity index is 1470. The summed E-state index contributed by atoms with van der Waals surface area (Å²) >= 11 is 6.10. The van der Waals surface area contributed by atoms with E-state index in [2.05, 4.69) is 5.32 Å². The summed E-state index contributed by atoms with van der Waals surface area (Å²) in [4.78, 5) is 29.0. The highest BCUT2D eigenvalue weighted by Gasteiger charge is 2.33. The Labute approximate surface area is 258 Å². The molecule has 0 radical (unpaired) electrons. The molecule has 0 heterocycles. The lowest BCUT2D eigenvalue weighted by Gasteiger charge is -2.33. The van der Waals surface area contributed by atoms with Crippen LogP contribution in [0.25, 0.3) is 0 Å². The highest BCUT2D eigenvalue weighted by Crippen LogP contribution is 2.27. The first-order valence-corrected chi connectivity index (χ1v) is 16.1. The molecule has 9 nitrogen and oxygen atoms in total. The number of amides is 2. The number of rotatable bonds is 12. The zero-order valence-corrected chi connectivity index (χ0v) is 26.2. The molecule has 230 valence electrons. The second-order valence-electron chi connectivity index (χ2n) is 10.6. The van der Waals surface area contributed by atoms with E-state index in [0.29, 0.717) is 16.5 Å². The Kier molecular flexibility index (Phi) is 10.9. The highest BCUT2D eigenvalue weighted by molar-refractivity contribution is 7.92. The van der Waals surface area contributed by atoms with Gasteiger partial charge in [-0.05, 0) is 86.0 Å². The first-order chi connectivity index (χ1) is 20.6. The summed E-state index contributed by atoms with van der Waals surface area (Å²) in [6, 6.07) is 18.5. The molecule has 1 saturated carbocycles. The van der Waals surface area contributed by atoms with Crippen LogP contribution in [-0.4, -0.2) is 58.0 Å². The van der Waals surface area contributed by atoms with Gasteiger partial charge in [-0.25, -0.2) is 8.42 Å². The third kappa shape index (κ3) is 8.20. The summed E-state index contributed by atoms with van der Waals surface area (Å²) in [6.07, 6.45) is 5.04. The molecule has 43 heavy (non-hydrogen) atoms. The Morgan fingerprint density at radius 3 is 2.00 bits per heavy atom. The van der Waals surface area contributed by atoms with Crippen LogP contribution in [0.2, 0.25) is 5.02 Å². The van der Waals surface area contributed by atoms with Gasteiger partial charge in [-0.15, -0.1) is 0 Å². The molecule has 1 aliphatic rings. The Hall–Kier alpha value is -3.76. The van der Waals surface area contributed by atoms with Crippen molar-refractivity contribution < 1.29 is 27.5 Å². The minimum absolute atomic E-state index is 0.0131. The van der Waals surface area contributed by atoms with Crippen molar-refractivity contribution >= 4 is 39.1 Å². The number of hydrogen-bond acceptors (Lipinski definition) is 6. The number of hydrogen-bond donors (Lipinski definition) is 1. The van der Waals surface area contributed by atoms with E-state index < -0.39 is 28.5 Å². The Morgan fingerprint density at radius 2 is 1.44 bits per heavy atom. The van der Waals surface area contributed by atoms with Gasteiger partial charge in [0.25, 0.3) is 10.0 Å². The van der Waals surface area contributed by atoms with E-state index in [-0.39, 0.29) is 29.1 Å². The fourth-order valence-electron chi connectivity index (χ4n) is 5.09. The third-order valence-electron chi connectivity index (χ3n) is 7.67. The van der Waals surface area contributed by atoms with Crippen molar-refractivity contribution in [2.75, 3.05) is 25.1 Å². The molecular formula is C32H38ClN3O6S. The monoisotopic (exact) mass is 627 g/mol.